The molecule has 0 atom stereocenters. The van der Waals surface area contributed by atoms with E-state index in [1.807, 2.05) is 0 Å². The van der Waals surface area contributed by atoms with Crippen molar-refractivity contribution in [3.63, 3.8) is 0 Å². The molecule has 0 aliphatic heterocycles. The van der Waals surface area contributed by atoms with Crippen molar-refractivity contribution < 1.29 is 0 Å². The summed E-state index contributed by atoms with van der Waals surface area (Å²) in [6.07, 6.45) is 2.79. The van der Waals surface area contributed by atoms with Gasteiger partial charge in [-0.25, -0.2) is 0 Å². The van der Waals surface area contributed by atoms with Crippen molar-refractivity contribution in [2.45, 2.75) is 51.0 Å². The van der Waals surface area contributed by atoms with Crippen LogP contribution in [-0.2, 0) is 0 Å². The molecule has 0 aromatic carbocycles. The van der Waals surface area contributed by atoms with Crippen LogP contribution in [0.1, 0.15) is 40.5 Å². The van der Waals surface area contributed by atoms with Crippen molar-refractivity contribution in [2.75, 3.05) is 13.1 Å². The molecule has 0 aliphatic rings. The van der Waals surface area contributed by atoms with E-state index in [-0.39, 0.29) is 0 Å². The molecular formula is C10H24GeN. The summed E-state index contributed by atoms with van der Waals surface area (Å²) in [5.41, 5.74) is 0. The Morgan fingerprint density at radius 2 is 1.25 bits per heavy atom. The Balaban J connectivity index is 3.86. The first-order valence-electron chi connectivity index (χ1n) is 5.39. The second kappa shape index (κ2) is 8.12. The van der Waals surface area contributed by atoms with E-state index in [1.54, 1.807) is 0 Å². The molecule has 2 heteroatoms. The fourth-order valence-corrected chi connectivity index (χ4v) is 7.84. The predicted octanol–water partition coefficient (Wildman–Crippen LogP) is 3.14. The summed E-state index contributed by atoms with van der Waals surface area (Å²) in [7, 11) is 0. The first kappa shape index (κ1) is 12.5. The Morgan fingerprint density at radius 3 is 1.50 bits per heavy atom. The van der Waals surface area contributed by atoms with Crippen LogP contribution in [0.4, 0.5) is 0 Å². The molecule has 0 saturated carbocycles. The van der Waals surface area contributed by atoms with E-state index in [2.05, 4.69) is 31.6 Å². The molecule has 0 aliphatic carbocycles. The molecule has 0 rings (SSSR count). The van der Waals surface area contributed by atoms with Gasteiger partial charge in [0.05, 0.1) is 0 Å². The topological polar surface area (TPSA) is 3.24 Å². The van der Waals surface area contributed by atoms with Gasteiger partial charge in [0.15, 0.2) is 0 Å². The second-order valence-electron chi connectivity index (χ2n) is 3.24. The zero-order chi connectivity index (χ0) is 9.40. The van der Waals surface area contributed by atoms with Crippen LogP contribution < -0.4 is 0 Å². The van der Waals surface area contributed by atoms with Gasteiger partial charge in [-0.05, 0) is 0 Å². The van der Waals surface area contributed by atoms with Crippen LogP contribution in [0.25, 0.3) is 0 Å². The normalized spacial score (nSPS) is 11.5. The van der Waals surface area contributed by atoms with Crippen molar-refractivity contribution in [1.82, 2.24) is 3.86 Å². The van der Waals surface area contributed by atoms with E-state index in [0.717, 1.165) is 0 Å². The van der Waals surface area contributed by atoms with Crippen molar-refractivity contribution in [3.05, 3.63) is 0 Å². The fraction of sp³-hybridized carbons (Fsp3) is 1.00. The third-order valence-corrected chi connectivity index (χ3v) is 10.0. The molecule has 0 aromatic rings. The molecule has 0 fully saturated rings. The monoisotopic (exact) mass is 232 g/mol. The van der Waals surface area contributed by atoms with Crippen molar-refractivity contribution in [1.29, 1.82) is 0 Å². The van der Waals surface area contributed by atoms with Gasteiger partial charge < -0.3 is 0 Å². The van der Waals surface area contributed by atoms with E-state index in [1.165, 1.54) is 36.4 Å². The van der Waals surface area contributed by atoms with Gasteiger partial charge in [0.1, 0.15) is 0 Å². The summed E-state index contributed by atoms with van der Waals surface area (Å²) in [5, 5.41) is 3.07. The summed E-state index contributed by atoms with van der Waals surface area (Å²) in [4.78, 5) is 0. The molecule has 0 saturated heterocycles. The van der Waals surface area contributed by atoms with Gasteiger partial charge in [-0.2, -0.15) is 0 Å². The molecule has 0 N–H and O–H groups in total. The van der Waals surface area contributed by atoms with Gasteiger partial charge in [0.2, 0.25) is 0 Å². The van der Waals surface area contributed by atoms with Gasteiger partial charge in [0.25, 0.3) is 0 Å². The van der Waals surface area contributed by atoms with Crippen LogP contribution in [0.2, 0.25) is 10.5 Å². The van der Waals surface area contributed by atoms with E-state index < -0.39 is 14.6 Å². The molecule has 1 radical (unpaired) electrons. The van der Waals surface area contributed by atoms with Gasteiger partial charge >= 0.3 is 82.6 Å². The summed E-state index contributed by atoms with van der Waals surface area (Å²) >= 11 is -0.787. The van der Waals surface area contributed by atoms with Crippen LogP contribution in [0.15, 0.2) is 0 Å². The summed E-state index contributed by atoms with van der Waals surface area (Å²) in [5.74, 6) is 0. The van der Waals surface area contributed by atoms with Crippen LogP contribution >= 0.6 is 0 Å². The molecule has 0 spiro atoms. The van der Waals surface area contributed by atoms with Crippen molar-refractivity contribution in [2.24, 2.45) is 0 Å². The quantitative estimate of drug-likeness (QED) is 0.608. The zero-order valence-electron chi connectivity index (χ0n) is 9.19. The molecular weight excluding hydrogens is 207 g/mol. The number of rotatable bonds is 7. The molecule has 0 amide bonds. The first-order valence-corrected chi connectivity index (χ1v) is 9.30. The number of hydrogen-bond acceptors (Lipinski definition) is 1. The van der Waals surface area contributed by atoms with E-state index in [4.69, 9.17) is 0 Å². The molecule has 73 valence electrons. The van der Waals surface area contributed by atoms with Crippen LogP contribution in [0.3, 0.4) is 0 Å². The fourth-order valence-electron chi connectivity index (χ4n) is 1.69. The van der Waals surface area contributed by atoms with Crippen molar-refractivity contribution in [3.8, 4) is 0 Å². The molecule has 12 heavy (non-hydrogen) atoms. The van der Waals surface area contributed by atoms with Gasteiger partial charge in [-0.3, -0.25) is 0 Å². The maximum absolute atomic E-state index is 2.76. The second-order valence-corrected chi connectivity index (χ2v) is 9.04. The van der Waals surface area contributed by atoms with E-state index in [9.17, 15) is 0 Å². The molecule has 0 unspecified atom stereocenters. The first-order chi connectivity index (χ1) is 5.79. The van der Waals surface area contributed by atoms with Crippen molar-refractivity contribution >= 4 is 14.6 Å². The van der Waals surface area contributed by atoms with E-state index >= 15 is 0 Å². The summed E-state index contributed by atoms with van der Waals surface area (Å²) in [6.45, 7) is 11.8. The minimum atomic E-state index is -0.787. The summed E-state index contributed by atoms with van der Waals surface area (Å²) in [6, 6.07) is 0. The van der Waals surface area contributed by atoms with Gasteiger partial charge in [0, 0.05) is 0 Å². The third-order valence-electron chi connectivity index (χ3n) is 2.29. The minimum absolute atomic E-state index is 0.787. The van der Waals surface area contributed by atoms with Crippen LogP contribution in [-0.4, -0.2) is 31.5 Å². The van der Waals surface area contributed by atoms with Crippen LogP contribution in [0, 0.1) is 0 Å². The predicted molar refractivity (Wildman–Crippen MR) is 58.9 cm³/mol. The standard InChI is InChI=1S/C10H24GeN/c1-5-9-11(10-6-2)12(7-3)8-4/h5-10H2,1-4H3. The Morgan fingerprint density at radius 1 is 0.833 bits per heavy atom. The Kier molecular flexibility index (Phi) is 8.46. The average molecular weight is 231 g/mol. The number of hydrogen-bond donors (Lipinski definition) is 0. The zero-order valence-corrected chi connectivity index (χ0v) is 11.3. The molecule has 0 heterocycles. The molecule has 0 aromatic heterocycles. The maximum atomic E-state index is 2.76. The Bertz CT molecular complexity index is 85.8. The summed E-state index contributed by atoms with van der Waals surface area (Å²) < 4.78 is 2.76. The van der Waals surface area contributed by atoms with Gasteiger partial charge in [-0.1, -0.05) is 0 Å². The Hall–Kier alpha value is 0.503. The van der Waals surface area contributed by atoms with E-state index in [0.29, 0.717) is 0 Å². The SMILES string of the molecule is CC[CH2][Ge]([CH2]CC)[N](CC)CC. The molecule has 1 nitrogen and oxygen atoms in total. The Labute approximate surface area is 82.9 Å². The number of nitrogens with zero attached hydrogens (tertiary/aromatic N) is 1. The third kappa shape index (κ3) is 4.51. The molecule has 0 bridgehead atoms. The average Bonchev–Trinajstić information content (AvgIpc) is 2.07. The van der Waals surface area contributed by atoms with Crippen LogP contribution in [0.5, 0.6) is 0 Å². The van der Waals surface area contributed by atoms with Gasteiger partial charge in [-0.15, -0.1) is 0 Å².